The van der Waals surface area contributed by atoms with E-state index in [-0.39, 0.29) is 18.7 Å². The zero-order chi connectivity index (χ0) is 12.8. The minimum atomic E-state index is -0.0122. The highest BCUT2D eigenvalue weighted by atomic mass is 16.5. The first kappa shape index (κ1) is 14.8. The standard InChI is InChI=1S/C11H25N3O3/c1-13-7-9(15-3)12-6-10(16-4)14(2)8-11(13)17-5/h9-12H,6-8H2,1-5H3. The first-order valence-corrected chi connectivity index (χ1v) is 5.84. The van der Waals surface area contributed by atoms with E-state index in [9.17, 15) is 0 Å². The molecule has 3 unspecified atom stereocenters. The number of likely N-dealkylation sites (N-methyl/N-ethyl adjacent to an activating group) is 2. The summed E-state index contributed by atoms with van der Waals surface area (Å²) in [6.07, 6.45) is 0.0498. The molecule has 1 aliphatic heterocycles. The van der Waals surface area contributed by atoms with Gasteiger partial charge < -0.3 is 14.2 Å². The molecule has 0 spiro atoms. The molecule has 17 heavy (non-hydrogen) atoms. The third-order valence-corrected chi connectivity index (χ3v) is 3.23. The average molecular weight is 247 g/mol. The first-order chi connectivity index (χ1) is 8.12. The summed E-state index contributed by atoms with van der Waals surface area (Å²) in [6, 6.07) is 0. The van der Waals surface area contributed by atoms with Gasteiger partial charge in [0.2, 0.25) is 0 Å². The minimum Gasteiger partial charge on any atom is -0.365 e. The molecule has 1 rings (SSSR count). The molecule has 0 aromatic rings. The van der Waals surface area contributed by atoms with Crippen molar-refractivity contribution < 1.29 is 14.2 Å². The molecule has 6 nitrogen and oxygen atoms in total. The SMILES string of the molecule is COC1CN(C)C(OC)CN(C)C(OC)CN1. The Kier molecular flexibility index (Phi) is 6.32. The Morgan fingerprint density at radius 1 is 0.882 bits per heavy atom. The Morgan fingerprint density at radius 3 is 2.00 bits per heavy atom. The van der Waals surface area contributed by atoms with Crippen LogP contribution in [0.15, 0.2) is 0 Å². The quantitative estimate of drug-likeness (QED) is 0.716. The molecular weight excluding hydrogens is 222 g/mol. The number of ether oxygens (including phenoxy) is 3. The van der Waals surface area contributed by atoms with Crippen molar-refractivity contribution in [2.24, 2.45) is 0 Å². The summed E-state index contributed by atoms with van der Waals surface area (Å²) in [5, 5.41) is 3.33. The maximum absolute atomic E-state index is 5.50. The van der Waals surface area contributed by atoms with Gasteiger partial charge in [0.15, 0.2) is 0 Å². The van der Waals surface area contributed by atoms with Gasteiger partial charge in [-0.25, -0.2) is 0 Å². The summed E-state index contributed by atoms with van der Waals surface area (Å²) in [4.78, 5) is 4.27. The van der Waals surface area contributed by atoms with Crippen LogP contribution >= 0.6 is 0 Å². The fourth-order valence-corrected chi connectivity index (χ4v) is 2.01. The van der Waals surface area contributed by atoms with Crippen molar-refractivity contribution in [2.45, 2.75) is 18.7 Å². The third kappa shape index (κ3) is 4.17. The molecule has 3 atom stereocenters. The van der Waals surface area contributed by atoms with E-state index in [1.54, 1.807) is 21.3 Å². The van der Waals surface area contributed by atoms with Crippen LogP contribution in [0.2, 0.25) is 0 Å². The maximum Gasteiger partial charge on any atom is 0.123 e. The molecule has 0 aliphatic carbocycles. The Morgan fingerprint density at radius 2 is 1.47 bits per heavy atom. The number of hydrogen-bond donors (Lipinski definition) is 1. The van der Waals surface area contributed by atoms with Gasteiger partial charge in [-0.1, -0.05) is 0 Å². The molecule has 102 valence electrons. The summed E-state index contributed by atoms with van der Waals surface area (Å²) >= 11 is 0. The lowest BCUT2D eigenvalue weighted by Gasteiger charge is -2.31. The summed E-state index contributed by atoms with van der Waals surface area (Å²) in [5.41, 5.74) is 0. The van der Waals surface area contributed by atoms with Gasteiger partial charge in [0, 0.05) is 41.0 Å². The summed E-state index contributed by atoms with van der Waals surface area (Å²) < 4.78 is 16.3. The van der Waals surface area contributed by atoms with E-state index in [2.05, 4.69) is 15.1 Å². The monoisotopic (exact) mass is 247 g/mol. The number of rotatable bonds is 3. The van der Waals surface area contributed by atoms with Gasteiger partial charge in [-0.2, -0.15) is 0 Å². The van der Waals surface area contributed by atoms with Gasteiger partial charge in [-0.15, -0.1) is 0 Å². The van der Waals surface area contributed by atoms with Crippen molar-refractivity contribution in [2.75, 3.05) is 55.1 Å². The maximum atomic E-state index is 5.50. The lowest BCUT2D eigenvalue weighted by Crippen LogP contribution is -2.46. The Bertz CT molecular complexity index is 218. The largest absolute Gasteiger partial charge is 0.365 e. The van der Waals surface area contributed by atoms with E-state index in [1.807, 2.05) is 14.1 Å². The Balaban J connectivity index is 2.73. The van der Waals surface area contributed by atoms with Crippen molar-refractivity contribution in [3.63, 3.8) is 0 Å². The molecule has 0 aromatic heterocycles. The second-order valence-electron chi connectivity index (χ2n) is 4.39. The van der Waals surface area contributed by atoms with Crippen LogP contribution in [-0.4, -0.2) is 83.5 Å². The molecular formula is C11H25N3O3. The number of methoxy groups -OCH3 is 3. The van der Waals surface area contributed by atoms with Crippen LogP contribution in [0.5, 0.6) is 0 Å². The van der Waals surface area contributed by atoms with E-state index in [0.29, 0.717) is 0 Å². The summed E-state index contributed by atoms with van der Waals surface area (Å²) in [6.45, 7) is 2.30. The highest BCUT2D eigenvalue weighted by Crippen LogP contribution is 2.08. The van der Waals surface area contributed by atoms with Gasteiger partial charge >= 0.3 is 0 Å². The zero-order valence-corrected chi connectivity index (χ0v) is 11.5. The lowest BCUT2D eigenvalue weighted by molar-refractivity contribution is -0.0770. The molecule has 1 heterocycles. The molecule has 6 heteroatoms. The average Bonchev–Trinajstić information content (AvgIpc) is 2.39. The van der Waals surface area contributed by atoms with E-state index in [1.165, 1.54) is 0 Å². The van der Waals surface area contributed by atoms with Crippen molar-refractivity contribution in [3.8, 4) is 0 Å². The van der Waals surface area contributed by atoms with Crippen LogP contribution in [0.3, 0.4) is 0 Å². The summed E-state index contributed by atoms with van der Waals surface area (Å²) in [5.74, 6) is 0. The molecule has 0 radical (unpaired) electrons. The number of nitrogens with one attached hydrogen (secondary N) is 1. The van der Waals surface area contributed by atoms with E-state index >= 15 is 0 Å². The molecule has 0 saturated carbocycles. The first-order valence-electron chi connectivity index (χ1n) is 5.84. The molecule has 1 N–H and O–H groups in total. The predicted octanol–water partition coefficient (Wildman–Crippen LogP) is -0.629. The van der Waals surface area contributed by atoms with Crippen LogP contribution in [-0.2, 0) is 14.2 Å². The Labute approximate surface area is 104 Å². The van der Waals surface area contributed by atoms with Gasteiger partial charge in [0.25, 0.3) is 0 Å². The van der Waals surface area contributed by atoms with Crippen LogP contribution < -0.4 is 5.32 Å². The van der Waals surface area contributed by atoms with Crippen molar-refractivity contribution in [1.29, 1.82) is 0 Å². The van der Waals surface area contributed by atoms with E-state index < -0.39 is 0 Å². The minimum absolute atomic E-state index is 0.0122. The van der Waals surface area contributed by atoms with Crippen LogP contribution in [0.4, 0.5) is 0 Å². The van der Waals surface area contributed by atoms with E-state index in [4.69, 9.17) is 14.2 Å². The van der Waals surface area contributed by atoms with Gasteiger partial charge in [0.05, 0.1) is 0 Å². The topological polar surface area (TPSA) is 46.2 Å². The molecule has 1 saturated heterocycles. The molecule has 0 amide bonds. The van der Waals surface area contributed by atoms with Gasteiger partial charge in [-0.05, 0) is 14.1 Å². The summed E-state index contributed by atoms with van der Waals surface area (Å²) in [7, 11) is 9.21. The molecule has 0 bridgehead atoms. The van der Waals surface area contributed by atoms with E-state index in [0.717, 1.165) is 19.6 Å². The van der Waals surface area contributed by atoms with Crippen molar-refractivity contribution in [1.82, 2.24) is 15.1 Å². The second kappa shape index (κ2) is 7.25. The van der Waals surface area contributed by atoms with Gasteiger partial charge in [0.1, 0.15) is 18.7 Å². The van der Waals surface area contributed by atoms with Gasteiger partial charge in [-0.3, -0.25) is 15.1 Å². The van der Waals surface area contributed by atoms with Crippen molar-refractivity contribution in [3.05, 3.63) is 0 Å². The highest BCUT2D eigenvalue weighted by molar-refractivity contribution is 4.74. The third-order valence-electron chi connectivity index (χ3n) is 3.23. The second-order valence-corrected chi connectivity index (χ2v) is 4.39. The zero-order valence-electron chi connectivity index (χ0n) is 11.5. The van der Waals surface area contributed by atoms with Crippen LogP contribution in [0.25, 0.3) is 0 Å². The van der Waals surface area contributed by atoms with Crippen LogP contribution in [0.1, 0.15) is 0 Å². The number of hydrogen-bond acceptors (Lipinski definition) is 6. The Hall–Kier alpha value is -0.240. The van der Waals surface area contributed by atoms with Crippen LogP contribution in [0, 0.1) is 0 Å². The smallest absolute Gasteiger partial charge is 0.123 e. The predicted molar refractivity (Wildman–Crippen MR) is 65.7 cm³/mol. The van der Waals surface area contributed by atoms with Crippen molar-refractivity contribution >= 4 is 0 Å². The lowest BCUT2D eigenvalue weighted by atomic mass is 10.4. The fourth-order valence-electron chi connectivity index (χ4n) is 2.01. The number of nitrogens with zero attached hydrogens (tertiary/aromatic N) is 2. The molecule has 1 aliphatic rings. The normalized spacial score (nSPS) is 34.1. The molecule has 1 fully saturated rings. The highest BCUT2D eigenvalue weighted by Gasteiger charge is 2.26. The molecule has 0 aromatic carbocycles. The fraction of sp³-hybridized carbons (Fsp3) is 1.00.